The van der Waals surface area contributed by atoms with Crippen molar-refractivity contribution in [2.45, 2.75) is 373 Å². The van der Waals surface area contributed by atoms with Crippen LogP contribution in [0.5, 0.6) is 0 Å². The monoisotopic (exact) mass is 976 g/mol. The highest BCUT2D eigenvalue weighted by Crippen LogP contribution is 2.31. The molecule has 1 rings (SSSR count). The lowest BCUT2D eigenvalue weighted by Gasteiger charge is -2.21. The Morgan fingerprint density at radius 2 is 0.696 bits per heavy atom. The van der Waals surface area contributed by atoms with Gasteiger partial charge in [0.15, 0.2) is 6.29 Å². The summed E-state index contributed by atoms with van der Waals surface area (Å²) in [5.41, 5.74) is 0. The van der Waals surface area contributed by atoms with Gasteiger partial charge in [-0.25, -0.2) is 0 Å². The smallest absolute Gasteiger partial charge is 0.306 e. The second-order valence-corrected chi connectivity index (χ2v) is 22.3. The predicted molar refractivity (Wildman–Crippen MR) is 300 cm³/mol. The first-order valence-corrected chi connectivity index (χ1v) is 31.9. The number of aliphatic hydroxyl groups excluding tert-OH is 1. The Balaban J connectivity index is 2.15. The van der Waals surface area contributed by atoms with E-state index in [0.717, 1.165) is 51.7 Å². The quantitative estimate of drug-likeness (QED) is 0.0484. The average Bonchev–Trinajstić information content (AvgIpc) is 3.74. The summed E-state index contributed by atoms with van der Waals surface area (Å²) in [6.07, 6.45) is 64.8. The minimum Gasteiger partial charge on any atom is -0.462 e. The second kappa shape index (κ2) is 53.6. The van der Waals surface area contributed by atoms with E-state index in [0.29, 0.717) is 18.6 Å². The highest BCUT2D eigenvalue weighted by Gasteiger charge is 2.34. The molecule has 6 nitrogen and oxygen atoms in total. The standard InChI is InChI=1S/C63H125NO5/c1-5-9-13-17-21-22-23-27-30-38-46-54-63-68-60(51-43-35-20-16-12-8-4)61(69-63)52-44-36-29-26-24-25-28-31-39-47-55-64(57-58-65)56-48-40-32-37-45-53-62(66)67-59(49-41-33-18-14-10-6-2)50-42-34-19-15-11-7-3/h59-61,63,65H,5-58H2,1-4H3. The number of nitrogens with zero attached hydrogens (tertiary/aromatic N) is 1. The van der Waals surface area contributed by atoms with E-state index in [1.165, 1.54) is 283 Å². The van der Waals surface area contributed by atoms with E-state index < -0.39 is 0 Å². The van der Waals surface area contributed by atoms with Crippen molar-refractivity contribution < 1.29 is 24.1 Å². The number of hydrogen-bond acceptors (Lipinski definition) is 6. The lowest BCUT2D eigenvalue weighted by Crippen LogP contribution is -2.29. The largest absolute Gasteiger partial charge is 0.462 e. The number of carbonyl (C=O) groups excluding carboxylic acids is 1. The van der Waals surface area contributed by atoms with Gasteiger partial charge in [-0.3, -0.25) is 4.79 Å². The van der Waals surface area contributed by atoms with E-state index in [-0.39, 0.29) is 25.0 Å². The molecule has 0 bridgehead atoms. The van der Waals surface area contributed by atoms with Crippen molar-refractivity contribution in [3.05, 3.63) is 0 Å². The number of hydrogen-bond donors (Lipinski definition) is 1. The summed E-state index contributed by atoms with van der Waals surface area (Å²) < 4.78 is 19.3. The Morgan fingerprint density at radius 3 is 1.06 bits per heavy atom. The zero-order valence-electron chi connectivity index (χ0n) is 47.5. The Morgan fingerprint density at radius 1 is 0.391 bits per heavy atom. The van der Waals surface area contributed by atoms with Gasteiger partial charge in [0, 0.05) is 13.0 Å². The van der Waals surface area contributed by atoms with Crippen molar-refractivity contribution in [3.63, 3.8) is 0 Å². The number of esters is 1. The minimum atomic E-state index is 0.0345. The maximum absolute atomic E-state index is 12.8. The van der Waals surface area contributed by atoms with Crippen LogP contribution in [0.2, 0.25) is 0 Å². The molecular formula is C63H125NO5. The number of unbranched alkanes of at least 4 members (excludes halogenated alkanes) is 38. The molecule has 1 aliphatic heterocycles. The highest BCUT2D eigenvalue weighted by molar-refractivity contribution is 5.69. The third kappa shape index (κ3) is 44.5. The van der Waals surface area contributed by atoms with Crippen molar-refractivity contribution in [3.8, 4) is 0 Å². The third-order valence-electron chi connectivity index (χ3n) is 15.5. The maximum Gasteiger partial charge on any atom is 0.306 e. The van der Waals surface area contributed by atoms with Crippen molar-refractivity contribution in [2.75, 3.05) is 26.2 Å². The van der Waals surface area contributed by atoms with Crippen LogP contribution in [-0.2, 0) is 19.0 Å². The van der Waals surface area contributed by atoms with E-state index in [2.05, 4.69) is 32.6 Å². The second-order valence-electron chi connectivity index (χ2n) is 22.3. The van der Waals surface area contributed by atoms with Crippen molar-refractivity contribution >= 4 is 5.97 Å². The Kier molecular flexibility index (Phi) is 51.5. The summed E-state index contributed by atoms with van der Waals surface area (Å²) in [4.78, 5) is 15.3. The maximum atomic E-state index is 12.8. The molecule has 0 spiro atoms. The molecule has 1 saturated heterocycles. The van der Waals surface area contributed by atoms with Crippen LogP contribution in [0.1, 0.15) is 349 Å². The fourth-order valence-corrected chi connectivity index (χ4v) is 10.9. The van der Waals surface area contributed by atoms with E-state index in [4.69, 9.17) is 14.2 Å². The molecule has 0 saturated carbocycles. The summed E-state index contributed by atoms with van der Waals surface area (Å²) in [5.74, 6) is 0.0345. The molecule has 0 amide bonds. The SMILES string of the molecule is CCCCCCCCCCCCCC1OC(CCCCCCCC)C(CCCCCCCCCCCCN(CCO)CCCCCCCC(=O)OC(CCCCCCCC)CCCCCCCC)O1. The van der Waals surface area contributed by atoms with Crippen LogP contribution in [0, 0.1) is 0 Å². The van der Waals surface area contributed by atoms with Crippen LogP contribution in [0.4, 0.5) is 0 Å². The molecule has 0 aromatic heterocycles. The van der Waals surface area contributed by atoms with Crippen molar-refractivity contribution in [1.29, 1.82) is 0 Å². The first-order valence-electron chi connectivity index (χ1n) is 31.9. The molecule has 412 valence electrons. The topological polar surface area (TPSA) is 68.2 Å². The fraction of sp³-hybridized carbons (Fsp3) is 0.984. The van der Waals surface area contributed by atoms with Gasteiger partial charge in [0.2, 0.25) is 0 Å². The molecular weight excluding hydrogens is 851 g/mol. The molecule has 1 heterocycles. The van der Waals surface area contributed by atoms with E-state index >= 15 is 0 Å². The van der Waals surface area contributed by atoms with Gasteiger partial charge in [-0.2, -0.15) is 0 Å². The highest BCUT2D eigenvalue weighted by atomic mass is 16.7. The Labute approximate surface area is 432 Å². The van der Waals surface area contributed by atoms with Gasteiger partial charge in [0.05, 0.1) is 18.8 Å². The van der Waals surface area contributed by atoms with E-state index in [9.17, 15) is 9.90 Å². The molecule has 0 aliphatic carbocycles. The molecule has 1 fully saturated rings. The molecule has 0 aromatic carbocycles. The van der Waals surface area contributed by atoms with Crippen LogP contribution in [0.25, 0.3) is 0 Å². The molecule has 6 heteroatoms. The summed E-state index contributed by atoms with van der Waals surface area (Å²) in [6.45, 7) is 12.4. The Bertz CT molecular complexity index is 994. The molecule has 1 N–H and O–H groups in total. The van der Waals surface area contributed by atoms with Crippen molar-refractivity contribution in [1.82, 2.24) is 4.90 Å². The fourth-order valence-electron chi connectivity index (χ4n) is 10.9. The minimum absolute atomic E-state index is 0.0345. The van der Waals surface area contributed by atoms with E-state index in [1.807, 2.05) is 0 Å². The normalized spacial score (nSPS) is 16.2. The zero-order valence-corrected chi connectivity index (χ0v) is 47.5. The molecule has 1 aliphatic rings. The average molecular weight is 977 g/mol. The zero-order chi connectivity index (χ0) is 49.8. The number of aliphatic hydroxyl groups is 1. The lowest BCUT2D eigenvalue weighted by atomic mass is 9.99. The van der Waals surface area contributed by atoms with Gasteiger partial charge in [0.1, 0.15) is 6.10 Å². The van der Waals surface area contributed by atoms with E-state index in [1.54, 1.807) is 0 Å². The first-order chi connectivity index (χ1) is 34.1. The van der Waals surface area contributed by atoms with Crippen LogP contribution < -0.4 is 0 Å². The number of rotatable bonds is 57. The summed E-state index contributed by atoms with van der Waals surface area (Å²) in [6, 6.07) is 0. The number of ether oxygens (including phenoxy) is 3. The van der Waals surface area contributed by atoms with Crippen LogP contribution in [0.3, 0.4) is 0 Å². The van der Waals surface area contributed by atoms with Crippen LogP contribution >= 0.6 is 0 Å². The molecule has 3 unspecified atom stereocenters. The van der Waals surface area contributed by atoms with Crippen molar-refractivity contribution in [2.24, 2.45) is 0 Å². The van der Waals surface area contributed by atoms with Gasteiger partial charge in [-0.1, -0.05) is 272 Å². The lowest BCUT2D eigenvalue weighted by molar-refractivity contribution is -0.150. The summed E-state index contributed by atoms with van der Waals surface area (Å²) >= 11 is 0. The van der Waals surface area contributed by atoms with Gasteiger partial charge < -0.3 is 24.2 Å². The van der Waals surface area contributed by atoms with Gasteiger partial charge in [-0.15, -0.1) is 0 Å². The summed E-state index contributed by atoms with van der Waals surface area (Å²) in [7, 11) is 0. The molecule has 69 heavy (non-hydrogen) atoms. The summed E-state index contributed by atoms with van der Waals surface area (Å²) in [5, 5.41) is 9.71. The van der Waals surface area contributed by atoms with Gasteiger partial charge in [-0.05, 0) is 83.7 Å². The Hall–Kier alpha value is -0.690. The first kappa shape index (κ1) is 66.3. The molecule has 0 aromatic rings. The molecule has 3 atom stereocenters. The van der Waals surface area contributed by atoms with Gasteiger partial charge >= 0.3 is 5.97 Å². The number of carbonyl (C=O) groups is 1. The third-order valence-corrected chi connectivity index (χ3v) is 15.5. The predicted octanol–water partition coefficient (Wildman–Crippen LogP) is 19.9. The molecule has 0 radical (unpaired) electrons. The van der Waals surface area contributed by atoms with Gasteiger partial charge in [0.25, 0.3) is 0 Å². The van der Waals surface area contributed by atoms with Crippen LogP contribution in [0.15, 0.2) is 0 Å². The van der Waals surface area contributed by atoms with Crippen LogP contribution in [-0.4, -0.2) is 66.8 Å².